The summed E-state index contributed by atoms with van der Waals surface area (Å²) in [6, 6.07) is 5.77. The van der Waals surface area contributed by atoms with Crippen molar-refractivity contribution in [2.45, 2.75) is 6.92 Å². The molecule has 3 heterocycles. The molecule has 5 heteroatoms. The highest BCUT2D eigenvalue weighted by molar-refractivity contribution is 5.61. The van der Waals surface area contributed by atoms with Crippen LogP contribution in [0.4, 0.5) is 5.82 Å². The second-order valence-electron chi connectivity index (χ2n) is 4.34. The van der Waals surface area contributed by atoms with Gasteiger partial charge in [0.2, 0.25) is 0 Å². The molecule has 0 aliphatic rings. The standard InChI is InChI=1S/C14H13N5/c1-10-4-12(7-16-5-10)19-9-17-8-13(19)11-2-3-14(15)18-6-11/h2-9H,1H3,(H2,15,18). The van der Waals surface area contributed by atoms with E-state index in [-0.39, 0.29) is 0 Å². The van der Waals surface area contributed by atoms with E-state index in [9.17, 15) is 0 Å². The molecule has 19 heavy (non-hydrogen) atoms. The molecule has 94 valence electrons. The van der Waals surface area contributed by atoms with Crippen LogP contribution in [-0.2, 0) is 0 Å². The molecule has 0 aromatic carbocycles. The Balaban J connectivity index is 2.10. The molecule has 0 saturated carbocycles. The van der Waals surface area contributed by atoms with Gasteiger partial charge in [0, 0.05) is 18.0 Å². The number of nitrogens with two attached hydrogens (primary N) is 1. The number of aromatic nitrogens is 4. The molecule has 0 aliphatic carbocycles. The van der Waals surface area contributed by atoms with Gasteiger partial charge >= 0.3 is 0 Å². The minimum absolute atomic E-state index is 0.507. The molecule has 3 rings (SSSR count). The molecule has 0 atom stereocenters. The van der Waals surface area contributed by atoms with Crippen LogP contribution in [0.2, 0.25) is 0 Å². The van der Waals surface area contributed by atoms with Gasteiger partial charge in [-0.1, -0.05) is 0 Å². The maximum absolute atomic E-state index is 5.61. The van der Waals surface area contributed by atoms with Gasteiger partial charge in [0.1, 0.15) is 5.82 Å². The lowest BCUT2D eigenvalue weighted by atomic mass is 10.2. The fraction of sp³-hybridized carbons (Fsp3) is 0.0714. The molecule has 0 aliphatic heterocycles. The first-order valence-corrected chi connectivity index (χ1v) is 5.90. The summed E-state index contributed by atoms with van der Waals surface area (Å²) >= 11 is 0. The molecule has 0 bridgehead atoms. The minimum atomic E-state index is 0.507. The summed E-state index contributed by atoms with van der Waals surface area (Å²) in [7, 11) is 0. The van der Waals surface area contributed by atoms with Crippen LogP contribution < -0.4 is 5.73 Å². The number of rotatable bonds is 2. The highest BCUT2D eigenvalue weighted by Gasteiger charge is 2.07. The van der Waals surface area contributed by atoms with Crippen LogP contribution in [0.1, 0.15) is 5.56 Å². The van der Waals surface area contributed by atoms with E-state index in [0.29, 0.717) is 5.82 Å². The lowest BCUT2D eigenvalue weighted by Gasteiger charge is -2.08. The number of hydrogen-bond acceptors (Lipinski definition) is 4. The Bertz CT molecular complexity index is 700. The highest BCUT2D eigenvalue weighted by atomic mass is 15.1. The zero-order valence-corrected chi connectivity index (χ0v) is 10.5. The average Bonchev–Trinajstić information content (AvgIpc) is 2.89. The van der Waals surface area contributed by atoms with Gasteiger partial charge in [-0.3, -0.25) is 9.55 Å². The predicted molar refractivity (Wildman–Crippen MR) is 73.7 cm³/mol. The van der Waals surface area contributed by atoms with Crippen molar-refractivity contribution in [1.29, 1.82) is 0 Å². The summed E-state index contributed by atoms with van der Waals surface area (Å²) in [5.74, 6) is 0.507. The van der Waals surface area contributed by atoms with Crippen molar-refractivity contribution in [3.63, 3.8) is 0 Å². The number of hydrogen-bond donors (Lipinski definition) is 1. The second-order valence-corrected chi connectivity index (χ2v) is 4.34. The minimum Gasteiger partial charge on any atom is -0.384 e. The maximum Gasteiger partial charge on any atom is 0.123 e. The Hall–Kier alpha value is -2.69. The first-order valence-electron chi connectivity index (χ1n) is 5.90. The Kier molecular flexibility index (Phi) is 2.72. The average molecular weight is 251 g/mol. The smallest absolute Gasteiger partial charge is 0.123 e. The van der Waals surface area contributed by atoms with E-state index in [2.05, 4.69) is 21.0 Å². The zero-order valence-electron chi connectivity index (χ0n) is 10.5. The van der Waals surface area contributed by atoms with E-state index in [1.165, 1.54) is 0 Å². The number of pyridine rings is 2. The van der Waals surface area contributed by atoms with Gasteiger partial charge in [0.25, 0.3) is 0 Å². The van der Waals surface area contributed by atoms with E-state index in [0.717, 1.165) is 22.5 Å². The third-order valence-corrected chi connectivity index (χ3v) is 2.86. The lowest BCUT2D eigenvalue weighted by molar-refractivity contribution is 1.04. The molecule has 3 aromatic rings. The molecule has 0 unspecified atom stereocenters. The van der Waals surface area contributed by atoms with Crippen molar-refractivity contribution in [1.82, 2.24) is 19.5 Å². The normalized spacial score (nSPS) is 10.6. The van der Waals surface area contributed by atoms with Gasteiger partial charge < -0.3 is 5.73 Å². The van der Waals surface area contributed by atoms with E-state index < -0.39 is 0 Å². The Morgan fingerprint density at radius 3 is 2.68 bits per heavy atom. The van der Waals surface area contributed by atoms with Crippen molar-refractivity contribution in [2.24, 2.45) is 0 Å². The van der Waals surface area contributed by atoms with Crippen molar-refractivity contribution < 1.29 is 0 Å². The predicted octanol–water partition coefficient (Wildman–Crippen LogP) is 2.22. The van der Waals surface area contributed by atoms with Gasteiger partial charge in [-0.2, -0.15) is 0 Å². The van der Waals surface area contributed by atoms with E-state index >= 15 is 0 Å². The summed E-state index contributed by atoms with van der Waals surface area (Å²) < 4.78 is 1.98. The number of anilines is 1. The van der Waals surface area contributed by atoms with Crippen LogP contribution in [0.25, 0.3) is 16.9 Å². The first-order chi connectivity index (χ1) is 9.24. The molecule has 0 spiro atoms. The van der Waals surface area contributed by atoms with Gasteiger partial charge in [-0.15, -0.1) is 0 Å². The molecule has 0 fully saturated rings. The van der Waals surface area contributed by atoms with Crippen molar-refractivity contribution in [2.75, 3.05) is 5.73 Å². The van der Waals surface area contributed by atoms with Gasteiger partial charge in [-0.25, -0.2) is 9.97 Å². The molecule has 0 radical (unpaired) electrons. The summed E-state index contributed by atoms with van der Waals surface area (Å²) in [5.41, 5.74) is 9.61. The molecule has 2 N–H and O–H groups in total. The fourth-order valence-electron chi connectivity index (χ4n) is 1.94. The highest BCUT2D eigenvalue weighted by Crippen LogP contribution is 2.22. The summed E-state index contributed by atoms with van der Waals surface area (Å²) in [5, 5.41) is 0. The topological polar surface area (TPSA) is 69.6 Å². The van der Waals surface area contributed by atoms with Crippen LogP contribution in [0.3, 0.4) is 0 Å². The van der Waals surface area contributed by atoms with E-state index in [1.54, 1.807) is 24.8 Å². The van der Waals surface area contributed by atoms with E-state index in [1.807, 2.05) is 30.0 Å². The van der Waals surface area contributed by atoms with E-state index in [4.69, 9.17) is 5.73 Å². The Morgan fingerprint density at radius 2 is 1.95 bits per heavy atom. The van der Waals surface area contributed by atoms with Crippen molar-refractivity contribution in [3.8, 4) is 16.9 Å². The zero-order chi connectivity index (χ0) is 13.2. The molecular formula is C14H13N5. The monoisotopic (exact) mass is 251 g/mol. The molecular weight excluding hydrogens is 238 g/mol. The third-order valence-electron chi connectivity index (χ3n) is 2.86. The Morgan fingerprint density at radius 1 is 1.05 bits per heavy atom. The molecule has 3 aromatic heterocycles. The molecule has 5 nitrogen and oxygen atoms in total. The number of nitrogen functional groups attached to an aromatic ring is 1. The summed E-state index contributed by atoms with van der Waals surface area (Å²) in [6.45, 7) is 2.01. The Labute approximate surface area is 110 Å². The van der Waals surface area contributed by atoms with Gasteiger partial charge in [-0.05, 0) is 30.7 Å². The summed E-state index contributed by atoms with van der Waals surface area (Å²) in [4.78, 5) is 12.5. The van der Waals surface area contributed by atoms with Gasteiger partial charge in [0.05, 0.1) is 30.1 Å². The van der Waals surface area contributed by atoms with Crippen LogP contribution in [0.15, 0.2) is 49.3 Å². The summed E-state index contributed by atoms with van der Waals surface area (Å²) in [6.07, 6.45) is 8.94. The number of imidazole rings is 1. The quantitative estimate of drug-likeness (QED) is 0.758. The molecule has 0 amide bonds. The van der Waals surface area contributed by atoms with Crippen LogP contribution in [0, 0.1) is 6.92 Å². The third kappa shape index (κ3) is 2.18. The fourth-order valence-corrected chi connectivity index (χ4v) is 1.94. The van der Waals surface area contributed by atoms with Crippen molar-refractivity contribution >= 4 is 5.82 Å². The largest absolute Gasteiger partial charge is 0.384 e. The first kappa shape index (κ1) is 11.4. The lowest BCUT2D eigenvalue weighted by Crippen LogP contribution is -1.97. The van der Waals surface area contributed by atoms with Crippen LogP contribution >= 0.6 is 0 Å². The maximum atomic E-state index is 5.61. The molecule has 0 saturated heterocycles. The van der Waals surface area contributed by atoms with Crippen LogP contribution in [-0.4, -0.2) is 19.5 Å². The number of aryl methyl sites for hydroxylation is 1. The second kappa shape index (κ2) is 4.53. The SMILES string of the molecule is Cc1cncc(-n2cncc2-c2ccc(N)nc2)c1. The van der Waals surface area contributed by atoms with Crippen molar-refractivity contribution in [3.05, 3.63) is 54.9 Å². The van der Waals surface area contributed by atoms with Gasteiger partial charge in [0.15, 0.2) is 0 Å². The number of nitrogens with zero attached hydrogens (tertiary/aromatic N) is 4. The van der Waals surface area contributed by atoms with Crippen LogP contribution in [0.5, 0.6) is 0 Å².